The summed E-state index contributed by atoms with van der Waals surface area (Å²) >= 11 is 0. The fraction of sp³-hybridized carbons (Fsp3) is 0.444. The molecule has 0 saturated heterocycles. The van der Waals surface area contributed by atoms with E-state index in [0.29, 0.717) is 0 Å². The molecule has 0 aliphatic heterocycles. The van der Waals surface area contributed by atoms with E-state index < -0.39 is 5.54 Å². The lowest BCUT2D eigenvalue weighted by molar-refractivity contribution is 0.105. The van der Waals surface area contributed by atoms with Crippen molar-refractivity contribution in [2.75, 3.05) is 7.11 Å². The van der Waals surface area contributed by atoms with E-state index in [4.69, 9.17) is 17.4 Å². The van der Waals surface area contributed by atoms with E-state index in [1.165, 1.54) is 0 Å². The van der Waals surface area contributed by atoms with Gasteiger partial charge in [0.25, 0.3) is 0 Å². The van der Waals surface area contributed by atoms with Gasteiger partial charge in [-0.1, -0.05) is 23.8 Å². The molecule has 60 valence electrons. The van der Waals surface area contributed by atoms with Crippen molar-refractivity contribution in [1.82, 2.24) is 0 Å². The predicted octanol–water partition coefficient (Wildman–Crippen LogP) is 0.926. The van der Waals surface area contributed by atoms with Crippen molar-refractivity contribution in [3.8, 4) is 0 Å². The monoisotopic (exact) mass is 151 g/mol. The van der Waals surface area contributed by atoms with Crippen molar-refractivity contribution in [2.45, 2.75) is 18.6 Å². The third-order valence-corrected chi connectivity index (χ3v) is 1.76. The Balaban J connectivity index is 2.84. The molecule has 2 atom stereocenters. The second-order valence-electron chi connectivity index (χ2n) is 2.90. The molecule has 0 saturated carbocycles. The number of nitrogens with two attached hydrogens (primary N) is 1. The minimum Gasteiger partial charge on any atom is -0.375 e. The van der Waals surface area contributed by atoms with Crippen molar-refractivity contribution in [3.05, 3.63) is 30.7 Å². The Morgan fingerprint density at radius 3 is 2.82 bits per heavy atom. The molecular weight excluding hydrogens is 138 g/mol. The summed E-state index contributed by atoms with van der Waals surface area (Å²) in [5.41, 5.74) is 5.97. The van der Waals surface area contributed by atoms with Crippen LogP contribution in [0.4, 0.5) is 0 Å². The zero-order chi connectivity index (χ0) is 8.48. The molecule has 0 fully saturated rings. The van der Waals surface area contributed by atoms with E-state index in [-0.39, 0.29) is 6.10 Å². The van der Waals surface area contributed by atoms with Gasteiger partial charge < -0.3 is 10.5 Å². The Morgan fingerprint density at radius 1 is 1.73 bits per heavy atom. The van der Waals surface area contributed by atoms with Gasteiger partial charge in [-0.3, -0.25) is 0 Å². The standard InChI is InChI=1S/C9H13NO/c1-7-4-5-8(11-3)9(2,10)6-7/h2,4-6,8H,10H2,1,3H3. The lowest BCUT2D eigenvalue weighted by Gasteiger charge is -2.30. The molecule has 2 unspecified atom stereocenters. The maximum absolute atomic E-state index is 5.75. The molecule has 2 radical (unpaired) electrons. The molecular formula is C9H13NO. The van der Waals surface area contributed by atoms with Crippen LogP contribution in [-0.4, -0.2) is 18.8 Å². The van der Waals surface area contributed by atoms with Gasteiger partial charge in [0.15, 0.2) is 0 Å². The van der Waals surface area contributed by atoms with Crippen molar-refractivity contribution in [1.29, 1.82) is 0 Å². The zero-order valence-electron chi connectivity index (χ0n) is 6.87. The second kappa shape index (κ2) is 2.80. The summed E-state index contributed by atoms with van der Waals surface area (Å²) in [7, 11) is 1.60. The molecule has 0 aromatic rings. The van der Waals surface area contributed by atoms with E-state index in [1.54, 1.807) is 13.2 Å². The average molecular weight is 151 g/mol. The van der Waals surface area contributed by atoms with Crippen molar-refractivity contribution in [3.63, 3.8) is 0 Å². The molecule has 0 heterocycles. The molecule has 1 rings (SSSR count). The van der Waals surface area contributed by atoms with Gasteiger partial charge in [0.1, 0.15) is 0 Å². The number of rotatable bonds is 1. The molecule has 0 spiro atoms. The minimum absolute atomic E-state index is 0.216. The SMILES string of the molecule is [CH]C1(N)C=C(C)C=CC1OC. The minimum atomic E-state index is -0.854. The van der Waals surface area contributed by atoms with Gasteiger partial charge in [0, 0.05) is 7.11 Å². The zero-order valence-corrected chi connectivity index (χ0v) is 6.87. The Hall–Kier alpha value is -0.600. The van der Waals surface area contributed by atoms with Crippen LogP contribution in [0.3, 0.4) is 0 Å². The first-order valence-electron chi connectivity index (χ1n) is 3.54. The third kappa shape index (κ3) is 1.70. The van der Waals surface area contributed by atoms with E-state index in [2.05, 4.69) is 0 Å². The maximum atomic E-state index is 5.75. The topological polar surface area (TPSA) is 35.2 Å². The smallest absolute Gasteiger partial charge is 0.0973 e. The summed E-state index contributed by atoms with van der Waals surface area (Å²) in [5.74, 6) is 0. The Kier molecular flexibility index (Phi) is 2.16. The summed E-state index contributed by atoms with van der Waals surface area (Å²) < 4.78 is 5.07. The van der Waals surface area contributed by atoms with E-state index >= 15 is 0 Å². The predicted molar refractivity (Wildman–Crippen MR) is 44.9 cm³/mol. The first kappa shape index (κ1) is 8.50. The van der Waals surface area contributed by atoms with Crippen LogP contribution >= 0.6 is 0 Å². The van der Waals surface area contributed by atoms with Crippen LogP contribution in [0, 0.1) is 6.92 Å². The number of ether oxygens (including phenoxy) is 1. The Labute approximate surface area is 67.7 Å². The highest BCUT2D eigenvalue weighted by molar-refractivity contribution is 5.32. The van der Waals surface area contributed by atoms with Crippen LogP contribution in [-0.2, 0) is 4.74 Å². The highest BCUT2D eigenvalue weighted by Crippen LogP contribution is 2.20. The molecule has 0 aromatic heterocycles. The van der Waals surface area contributed by atoms with Crippen LogP contribution in [0.1, 0.15) is 6.92 Å². The fourth-order valence-corrected chi connectivity index (χ4v) is 1.21. The molecule has 0 amide bonds. The third-order valence-electron chi connectivity index (χ3n) is 1.76. The number of hydrogen-bond donors (Lipinski definition) is 1. The first-order chi connectivity index (χ1) is 5.06. The van der Waals surface area contributed by atoms with Crippen LogP contribution in [0.2, 0.25) is 0 Å². The van der Waals surface area contributed by atoms with Gasteiger partial charge in [-0.05, 0) is 13.8 Å². The van der Waals surface area contributed by atoms with Gasteiger partial charge >= 0.3 is 0 Å². The molecule has 2 N–H and O–H groups in total. The van der Waals surface area contributed by atoms with E-state index in [0.717, 1.165) is 5.57 Å². The van der Waals surface area contributed by atoms with Crippen molar-refractivity contribution in [2.24, 2.45) is 5.73 Å². The molecule has 0 aromatic carbocycles. The van der Waals surface area contributed by atoms with Crippen LogP contribution < -0.4 is 5.73 Å². The number of allylic oxidation sites excluding steroid dienone is 2. The second-order valence-corrected chi connectivity index (χ2v) is 2.90. The summed E-state index contributed by atoms with van der Waals surface area (Å²) in [4.78, 5) is 0. The van der Waals surface area contributed by atoms with Gasteiger partial charge in [0.05, 0.1) is 11.6 Å². The van der Waals surface area contributed by atoms with Gasteiger partial charge in [-0.25, -0.2) is 0 Å². The summed E-state index contributed by atoms with van der Waals surface area (Å²) in [6.45, 7) is 7.70. The molecule has 1 aliphatic rings. The van der Waals surface area contributed by atoms with Crippen LogP contribution in [0.15, 0.2) is 23.8 Å². The normalized spacial score (nSPS) is 37.1. The van der Waals surface area contributed by atoms with Gasteiger partial charge in [-0.2, -0.15) is 0 Å². The number of hydrogen-bond acceptors (Lipinski definition) is 2. The van der Waals surface area contributed by atoms with Crippen molar-refractivity contribution >= 4 is 0 Å². The summed E-state index contributed by atoms with van der Waals surface area (Å²) in [6.07, 6.45) is 5.41. The molecule has 2 nitrogen and oxygen atoms in total. The van der Waals surface area contributed by atoms with E-state index in [9.17, 15) is 0 Å². The van der Waals surface area contributed by atoms with Crippen LogP contribution in [0.5, 0.6) is 0 Å². The molecule has 1 aliphatic carbocycles. The van der Waals surface area contributed by atoms with Crippen molar-refractivity contribution < 1.29 is 4.74 Å². The Bertz CT molecular complexity index is 204. The first-order valence-corrected chi connectivity index (χ1v) is 3.54. The molecule has 0 bridgehead atoms. The van der Waals surface area contributed by atoms with Gasteiger partial charge in [-0.15, -0.1) is 0 Å². The Morgan fingerprint density at radius 2 is 2.36 bits per heavy atom. The van der Waals surface area contributed by atoms with E-state index in [1.807, 2.05) is 19.1 Å². The molecule has 2 heteroatoms. The molecule has 11 heavy (non-hydrogen) atoms. The largest absolute Gasteiger partial charge is 0.375 e. The fourth-order valence-electron chi connectivity index (χ4n) is 1.21. The lowest BCUT2D eigenvalue weighted by Crippen LogP contribution is -2.47. The summed E-state index contributed by atoms with van der Waals surface area (Å²) in [5, 5.41) is 0. The van der Waals surface area contributed by atoms with Gasteiger partial charge in [0.2, 0.25) is 0 Å². The van der Waals surface area contributed by atoms with Crippen LogP contribution in [0.25, 0.3) is 0 Å². The summed E-state index contributed by atoms with van der Waals surface area (Å²) in [6, 6.07) is 0. The highest BCUT2D eigenvalue weighted by atomic mass is 16.5. The quantitative estimate of drug-likeness (QED) is 0.605. The number of methoxy groups -OCH3 is 1. The highest BCUT2D eigenvalue weighted by Gasteiger charge is 2.28. The average Bonchev–Trinajstić information content (AvgIpc) is 1.85. The lowest BCUT2D eigenvalue weighted by atomic mass is 9.89. The maximum Gasteiger partial charge on any atom is 0.0973 e.